The lowest BCUT2D eigenvalue weighted by molar-refractivity contribution is -0.160. The molecule has 2 saturated heterocycles. The SMILES string of the molecule is CN1CCOC2(CCN(C(=O)C(C)(C)O)CC2)C1. The van der Waals surface area contributed by atoms with Gasteiger partial charge in [0.2, 0.25) is 0 Å². The zero-order chi connectivity index (χ0) is 13.4. The van der Waals surface area contributed by atoms with Gasteiger partial charge in [0.25, 0.3) is 5.91 Å². The number of morpholine rings is 1. The van der Waals surface area contributed by atoms with Gasteiger partial charge in [-0.25, -0.2) is 0 Å². The minimum Gasteiger partial charge on any atom is -0.381 e. The van der Waals surface area contributed by atoms with E-state index in [1.54, 1.807) is 18.7 Å². The highest BCUT2D eigenvalue weighted by Crippen LogP contribution is 2.30. The van der Waals surface area contributed by atoms with Crippen LogP contribution in [0.1, 0.15) is 26.7 Å². The van der Waals surface area contributed by atoms with Crippen LogP contribution < -0.4 is 0 Å². The minimum absolute atomic E-state index is 0.0800. The number of hydrogen-bond acceptors (Lipinski definition) is 4. The first-order valence-electron chi connectivity index (χ1n) is 6.67. The molecular formula is C13H24N2O3. The number of likely N-dealkylation sites (N-methyl/N-ethyl adjacent to an activating group) is 1. The molecule has 1 amide bonds. The third-order valence-corrected chi connectivity index (χ3v) is 3.92. The maximum atomic E-state index is 12.0. The van der Waals surface area contributed by atoms with E-state index in [0.717, 1.165) is 32.5 Å². The van der Waals surface area contributed by atoms with E-state index in [0.29, 0.717) is 13.1 Å². The molecule has 2 heterocycles. The average molecular weight is 256 g/mol. The third-order valence-electron chi connectivity index (χ3n) is 3.92. The number of carbonyl (C=O) groups is 1. The van der Waals surface area contributed by atoms with Crippen LogP contribution in [0.4, 0.5) is 0 Å². The first kappa shape index (κ1) is 13.8. The van der Waals surface area contributed by atoms with Crippen molar-refractivity contribution in [2.75, 3.05) is 39.8 Å². The quantitative estimate of drug-likeness (QED) is 0.722. The summed E-state index contributed by atoms with van der Waals surface area (Å²) in [6, 6.07) is 0. The Morgan fingerprint density at radius 2 is 1.89 bits per heavy atom. The van der Waals surface area contributed by atoms with E-state index in [4.69, 9.17) is 4.74 Å². The second-order valence-electron chi connectivity index (χ2n) is 6.12. The van der Waals surface area contributed by atoms with Crippen molar-refractivity contribution in [1.29, 1.82) is 0 Å². The zero-order valence-electron chi connectivity index (χ0n) is 11.6. The lowest BCUT2D eigenvalue weighted by atomic mass is 9.89. The summed E-state index contributed by atoms with van der Waals surface area (Å²) in [5.74, 6) is -0.179. The summed E-state index contributed by atoms with van der Waals surface area (Å²) in [5, 5.41) is 9.75. The number of nitrogens with zero attached hydrogens (tertiary/aromatic N) is 2. The molecule has 1 N–H and O–H groups in total. The Labute approximate surface area is 109 Å². The van der Waals surface area contributed by atoms with E-state index in [-0.39, 0.29) is 11.5 Å². The molecule has 2 fully saturated rings. The van der Waals surface area contributed by atoms with Gasteiger partial charge < -0.3 is 19.6 Å². The molecule has 0 saturated carbocycles. The minimum atomic E-state index is -1.27. The zero-order valence-corrected chi connectivity index (χ0v) is 11.6. The summed E-state index contributed by atoms with van der Waals surface area (Å²) in [6.07, 6.45) is 1.72. The molecule has 2 rings (SSSR count). The fourth-order valence-electron chi connectivity index (χ4n) is 2.84. The fraction of sp³-hybridized carbons (Fsp3) is 0.923. The highest BCUT2D eigenvalue weighted by molar-refractivity contribution is 5.84. The topological polar surface area (TPSA) is 53.0 Å². The van der Waals surface area contributed by atoms with E-state index in [9.17, 15) is 9.90 Å². The van der Waals surface area contributed by atoms with Crippen molar-refractivity contribution in [2.24, 2.45) is 0 Å². The Bertz CT molecular complexity index is 317. The van der Waals surface area contributed by atoms with Crippen LogP contribution in [0.25, 0.3) is 0 Å². The van der Waals surface area contributed by atoms with Gasteiger partial charge in [-0.1, -0.05) is 0 Å². The third kappa shape index (κ3) is 2.84. The Morgan fingerprint density at radius 1 is 1.28 bits per heavy atom. The molecule has 2 aliphatic heterocycles. The van der Waals surface area contributed by atoms with Crippen molar-refractivity contribution < 1.29 is 14.6 Å². The molecule has 0 aromatic carbocycles. The van der Waals surface area contributed by atoms with E-state index >= 15 is 0 Å². The van der Waals surface area contributed by atoms with Gasteiger partial charge in [-0.15, -0.1) is 0 Å². The number of likely N-dealkylation sites (tertiary alicyclic amines) is 1. The molecule has 0 bridgehead atoms. The van der Waals surface area contributed by atoms with Crippen LogP contribution in [0, 0.1) is 0 Å². The number of hydrogen-bond donors (Lipinski definition) is 1. The maximum absolute atomic E-state index is 12.0. The molecule has 1 spiro atoms. The molecule has 5 heteroatoms. The first-order chi connectivity index (χ1) is 8.32. The van der Waals surface area contributed by atoms with Crippen LogP contribution in [0.15, 0.2) is 0 Å². The lowest BCUT2D eigenvalue weighted by Crippen LogP contribution is -2.58. The Morgan fingerprint density at radius 3 is 2.39 bits per heavy atom. The molecule has 0 aliphatic carbocycles. The number of rotatable bonds is 1. The molecule has 0 aromatic heterocycles. The number of carbonyl (C=O) groups excluding carboxylic acids is 1. The van der Waals surface area contributed by atoms with Crippen molar-refractivity contribution >= 4 is 5.91 Å². The summed E-state index contributed by atoms with van der Waals surface area (Å²) in [7, 11) is 2.11. The monoisotopic (exact) mass is 256 g/mol. The van der Waals surface area contributed by atoms with Gasteiger partial charge in [-0.3, -0.25) is 4.79 Å². The molecular weight excluding hydrogens is 232 g/mol. The van der Waals surface area contributed by atoms with Crippen molar-refractivity contribution in [2.45, 2.75) is 37.9 Å². The molecule has 2 aliphatic rings. The highest BCUT2D eigenvalue weighted by Gasteiger charge is 2.41. The summed E-state index contributed by atoms with van der Waals surface area (Å²) in [4.78, 5) is 16.0. The summed E-state index contributed by atoms with van der Waals surface area (Å²) >= 11 is 0. The van der Waals surface area contributed by atoms with Gasteiger partial charge in [-0.2, -0.15) is 0 Å². The van der Waals surface area contributed by atoms with Crippen LogP contribution in [0.2, 0.25) is 0 Å². The van der Waals surface area contributed by atoms with Gasteiger partial charge in [-0.05, 0) is 33.7 Å². The molecule has 0 radical (unpaired) electrons. The van der Waals surface area contributed by atoms with E-state index in [1.807, 2.05) is 0 Å². The average Bonchev–Trinajstić information content (AvgIpc) is 2.28. The van der Waals surface area contributed by atoms with Gasteiger partial charge >= 0.3 is 0 Å². The molecule has 5 nitrogen and oxygen atoms in total. The van der Waals surface area contributed by atoms with Crippen LogP contribution in [0.5, 0.6) is 0 Å². The highest BCUT2D eigenvalue weighted by atomic mass is 16.5. The van der Waals surface area contributed by atoms with Crippen LogP contribution >= 0.6 is 0 Å². The van der Waals surface area contributed by atoms with Crippen molar-refractivity contribution in [3.05, 3.63) is 0 Å². The van der Waals surface area contributed by atoms with Crippen molar-refractivity contribution in [3.8, 4) is 0 Å². The Kier molecular flexibility index (Phi) is 3.67. The largest absolute Gasteiger partial charge is 0.381 e. The predicted octanol–water partition coefficient (Wildman–Crippen LogP) is 0.0805. The maximum Gasteiger partial charge on any atom is 0.253 e. The van der Waals surface area contributed by atoms with Gasteiger partial charge in [0.15, 0.2) is 0 Å². The number of amides is 1. The Balaban J connectivity index is 1.93. The van der Waals surface area contributed by atoms with Crippen molar-refractivity contribution in [3.63, 3.8) is 0 Å². The fourth-order valence-corrected chi connectivity index (χ4v) is 2.84. The number of piperidine rings is 1. The smallest absolute Gasteiger partial charge is 0.253 e. The molecule has 104 valence electrons. The van der Waals surface area contributed by atoms with Gasteiger partial charge in [0.05, 0.1) is 12.2 Å². The molecule has 0 aromatic rings. The Hall–Kier alpha value is -0.650. The second-order valence-corrected chi connectivity index (χ2v) is 6.12. The summed E-state index contributed by atoms with van der Waals surface area (Å²) < 4.78 is 5.95. The number of ether oxygens (including phenoxy) is 1. The predicted molar refractivity (Wildman–Crippen MR) is 68.3 cm³/mol. The van der Waals surface area contributed by atoms with Crippen molar-refractivity contribution in [1.82, 2.24) is 9.80 Å². The first-order valence-corrected chi connectivity index (χ1v) is 6.67. The van der Waals surface area contributed by atoms with Crippen LogP contribution in [-0.2, 0) is 9.53 Å². The molecule has 18 heavy (non-hydrogen) atoms. The lowest BCUT2D eigenvalue weighted by Gasteiger charge is -2.47. The molecule has 0 atom stereocenters. The van der Waals surface area contributed by atoms with E-state index in [1.165, 1.54) is 0 Å². The standard InChI is InChI=1S/C13H24N2O3/c1-12(2,17)11(16)15-6-4-13(5-7-15)10-14(3)8-9-18-13/h17H,4-10H2,1-3H3. The normalized spacial score (nSPS) is 25.4. The van der Waals surface area contributed by atoms with E-state index in [2.05, 4.69) is 11.9 Å². The van der Waals surface area contributed by atoms with Crippen LogP contribution in [-0.4, -0.2) is 71.8 Å². The van der Waals surface area contributed by atoms with Crippen LogP contribution in [0.3, 0.4) is 0 Å². The second kappa shape index (κ2) is 4.79. The number of aliphatic hydroxyl groups is 1. The van der Waals surface area contributed by atoms with Gasteiger partial charge in [0, 0.05) is 26.2 Å². The van der Waals surface area contributed by atoms with E-state index < -0.39 is 5.60 Å². The summed E-state index contributed by atoms with van der Waals surface area (Å²) in [5.41, 5.74) is -1.35. The summed E-state index contributed by atoms with van der Waals surface area (Å²) in [6.45, 7) is 7.14. The van der Waals surface area contributed by atoms with Gasteiger partial charge in [0.1, 0.15) is 5.60 Å². The molecule has 0 unspecified atom stereocenters.